The number of hydrogen-bond acceptors (Lipinski definition) is 2. The van der Waals surface area contributed by atoms with E-state index < -0.39 is 11.9 Å². The van der Waals surface area contributed by atoms with Gasteiger partial charge in [0.2, 0.25) is 0 Å². The van der Waals surface area contributed by atoms with Gasteiger partial charge in [0.1, 0.15) is 11.7 Å². The van der Waals surface area contributed by atoms with Crippen LogP contribution in [0.5, 0.6) is 0 Å². The number of nitrogens with zero attached hydrogens (tertiary/aromatic N) is 3. The fourth-order valence-electron chi connectivity index (χ4n) is 3.04. The number of alkyl halides is 3. The molecule has 0 saturated heterocycles. The van der Waals surface area contributed by atoms with E-state index in [4.69, 9.17) is 0 Å². The fourth-order valence-corrected chi connectivity index (χ4v) is 3.04. The Balaban J connectivity index is 1.92. The van der Waals surface area contributed by atoms with Crippen LogP contribution >= 0.6 is 0 Å². The van der Waals surface area contributed by atoms with Crippen molar-refractivity contribution >= 4 is 0 Å². The van der Waals surface area contributed by atoms with Gasteiger partial charge in [-0.05, 0) is 19.3 Å². The first kappa shape index (κ1) is 14.6. The van der Waals surface area contributed by atoms with Crippen LogP contribution in [-0.2, 0) is 25.7 Å². The first-order valence-corrected chi connectivity index (χ1v) is 7.17. The van der Waals surface area contributed by atoms with Crippen LogP contribution in [0.2, 0.25) is 0 Å². The second-order valence-corrected chi connectivity index (χ2v) is 5.58. The Hall–Kier alpha value is -1.37. The number of halogens is 4. The molecule has 21 heavy (non-hydrogen) atoms. The molecule has 0 saturated carbocycles. The molecule has 0 radical (unpaired) electrons. The van der Waals surface area contributed by atoms with Gasteiger partial charge < -0.3 is 4.57 Å². The molecule has 1 aromatic heterocycles. The topological polar surface area (TPSA) is 21.1 Å². The maximum absolute atomic E-state index is 13.3. The van der Waals surface area contributed by atoms with Gasteiger partial charge in [-0.2, -0.15) is 13.2 Å². The molecule has 0 spiro atoms. The quantitative estimate of drug-likeness (QED) is 0.782. The highest BCUT2D eigenvalue weighted by atomic mass is 19.4. The van der Waals surface area contributed by atoms with Crippen LogP contribution in [0, 0.1) is 0 Å². The summed E-state index contributed by atoms with van der Waals surface area (Å²) in [5, 5.41) is 0. The summed E-state index contributed by atoms with van der Waals surface area (Å²) in [4.78, 5) is 5.52. The summed E-state index contributed by atoms with van der Waals surface area (Å²) < 4.78 is 54.6. The average Bonchev–Trinajstić information content (AvgIpc) is 2.78. The summed E-state index contributed by atoms with van der Waals surface area (Å²) in [5.41, 5.74) is -0.610. The predicted octanol–water partition coefficient (Wildman–Crippen LogP) is 3.30. The van der Waals surface area contributed by atoms with Crippen LogP contribution in [-0.4, -0.2) is 27.5 Å². The smallest absolute Gasteiger partial charge is 0.330 e. The zero-order valence-corrected chi connectivity index (χ0v) is 11.6. The predicted molar refractivity (Wildman–Crippen MR) is 69.3 cm³/mol. The molecular formula is C14H17F4N3. The van der Waals surface area contributed by atoms with Crippen LogP contribution in [0.15, 0.2) is 11.9 Å². The Kier molecular flexibility index (Phi) is 3.77. The zero-order valence-electron chi connectivity index (χ0n) is 11.6. The fraction of sp³-hybridized carbons (Fsp3) is 0.643. The number of hydrogen-bond donors (Lipinski definition) is 0. The molecule has 7 heteroatoms. The summed E-state index contributed by atoms with van der Waals surface area (Å²) in [6, 6.07) is 0. The summed E-state index contributed by atoms with van der Waals surface area (Å²) in [7, 11) is 0. The van der Waals surface area contributed by atoms with Crippen molar-refractivity contribution in [1.29, 1.82) is 0 Å². The summed E-state index contributed by atoms with van der Waals surface area (Å²) >= 11 is 0. The van der Waals surface area contributed by atoms with Gasteiger partial charge in [0.05, 0.1) is 12.2 Å². The van der Waals surface area contributed by atoms with Gasteiger partial charge in [-0.3, -0.25) is 4.90 Å². The Labute approximate surface area is 120 Å². The molecule has 0 fully saturated rings. The van der Waals surface area contributed by atoms with E-state index in [-0.39, 0.29) is 24.6 Å². The van der Waals surface area contributed by atoms with Crippen molar-refractivity contribution in [2.45, 2.75) is 44.9 Å². The molecule has 0 aliphatic carbocycles. The second kappa shape index (κ2) is 5.44. The van der Waals surface area contributed by atoms with E-state index in [2.05, 4.69) is 4.98 Å². The number of fused-ring (bicyclic) bond motifs is 1. The number of aromatic nitrogens is 2. The van der Waals surface area contributed by atoms with Crippen LogP contribution in [0.4, 0.5) is 17.6 Å². The van der Waals surface area contributed by atoms with Gasteiger partial charge in [-0.15, -0.1) is 0 Å². The largest absolute Gasteiger partial charge is 0.435 e. The third-order valence-electron chi connectivity index (χ3n) is 4.01. The van der Waals surface area contributed by atoms with E-state index >= 15 is 0 Å². The molecule has 116 valence electrons. The molecular weight excluding hydrogens is 286 g/mol. The molecule has 0 amide bonds. The Morgan fingerprint density at radius 3 is 2.71 bits per heavy atom. The van der Waals surface area contributed by atoms with E-state index in [1.54, 1.807) is 9.47 Å². The van der Waals surface area contributed by atoms with Crippen molar-refractivity contribution in [2.24, 2.45) is 0 Å². The molecule has 0 N–H and O–H groups in total. The zero-order chi connectivity index (χ0) is 15.0. The van der Waals surface area contributed by atoms with Crippen molar-refractivity contribution in [3.63, 3.8) is 0 Å². The van der Waals surface area contributed by atoms with Gasteiger partial charge >= 0.3 is 6.18 Å². The third-order valence-corrected chi connectivity index (χ3v) is 4.01. The molecule has 3 rings (SSSR count). The molecule has 0 aromatic carbocycles. The van der Waals surface area contributed by atoms with Crippen LogP contribution in [0.25, 0.3) is 0 Å². The number of imidazole rings is 1. The van der Waals surface area contributed by atoms with Gasteiger partial charge in [-0.1, -0.05) is 6.08 Å². The Morgan fingerprint density at radius 1 is 1.19 bits per heavy atom. The molecule has 2 aliphatic rings. The van der Waals surface area contributed by atoms with E-state index in [1.807, 2.05) is 0 Å². The highest BCUT2D eigenvalue weighted by Gasteiger charge is 2.39. The minimum Gasteiger partial charge on any atom is -0.330 e. The van der Waals surface area contributed by atoms with E-state index in [0.29, 0.717) is 31.8 Å². The summed E-state index contributed by atoms with van der Waals surface area (Å²) in [6.07, 6.45) is -0.112. The van der Waals surface area contributed by atoms with E-state index in [9.17, 15) is 17.6 Å². The van der Waals surface area contributed by atoms with E-state index in [1.165, 1.54) is 6.08 Å². The van der Waals surface area contributed by atoms with Crippen LogP contribution in [0.1, 0.15) is 36.5 Å². The first-order valence-electron chi connectivity index (χ1n) is 7.17. The van der Waals surface area contributed by atoms with E-state index in [0.717, 1.165) is 12.8 Å². The SMILES string of the molecule is FC1=CCCN(Cc2c(C(F)(F)F)nc3n2CCCC3)C1. The maximum Gasteiger partial charge on any atom is 0.435 e. The molecule has 0 atom stereocenters. The average molecular weight is 303 g/mol. The number of rotatable bonds is 2. The summed E-state index contributed by atoms with van der Waals surface area (Å²) in [6.45, 7) is 1.33. The molecule has 2 aliphatic heterocycles. The van der Waals surface area contributed by atoms with Crippen molar-refractivity contribution in [2.75, 3.05) is 13.1 Å². The van der Waals surface area contributed by atoms with Crippen LogP contribution < -0.4 is 0 Å². The Bertz CT molecular complexity index is 559. The van der Waals surface area contributed by atoms with Gasteiger partial charge in [-0.25, -0.2) is 9.37 Å². The number of aryl methyl sites for hydroxylation is 1. The lowest BCUT2D eigenvalue weighted by atomic mass is 10.1. The highest BCUT2D eigenvalue weighted by Crippen LogP contribution is 2.34. The lowest BCUT2D eigenvalue weighted by Gasteiger charge is -2.26. The lowest BCUT2D eigenvalue weighted by Crippen LogP contribution is -2.31. The monoisotopic (exact) mass is 303 g/mol. The molecule has 0 bridgehead atoms. The van der Waals surface area contributed by atoms with Crippen LogP contribution in [0.3, 0.4) is 0 Å². The van der Waals surface area contributed by atoms with Crippen molar-refractivity contribution in [1.82, 2.24) is 14.5 Å². The van der Waals surface area contributed by atoms with Gasteiger partial charge in [0.25, 0.3) is 0 Å². The van der Waals surface area contributed by atoms with Gasteiger partial charge in [0.15, 0.2) is 5.69 Å². The van der Waals surface area contributed by atoms with Crippen molar-refractivity contribution in [3.8, 4) is 0 Å². The standard InChI is InChI=1S/C14H17F4N3/c15-10-4-3-6-20(8-10)9-11-13(14(16,17)18)19-12-5-1-2-7-21(11)12/h4H,1-3,5-9H2. The maximum atomic E-state index is 13.3. The normalized spacial score (nSPS) is 20.3. The first-order chi connectivity index (χ1) is 9.95. The molecule has 3 heterocycles. The Morgan fingerprint density at radius 2 is 2.00 bits per heavy atom. The highest BCUT2D eigenvalue weighted by molar-refractivity contribution is 5.22. The van der Waals surface area contributed by atoms with Crippen molar-refractivity contribution in [3.05, 3.63) is 29.1 Å². The minimum absolute atomic E-state index is 0.0812. The summed E-state index contributed by atoms with van der Waals surface area (Å²) in [5.74, 6) is 0.241. The molecule has 1 aromatic rings. The molecule has 3 nitrogen and oxygen atoms in total. The molecule has 0 unspecified atom stereocenters. The third kappa shape index (κ3) is 2.97. The van der Waals surface area contributed by atoms with Crippen molar-refractivity contribution < 1.29 is 17.6 Å². The lowest BCUT2D eigenvalue weighted by molar-refractivity contribution is -0.141. The minimum atomic E-state index is -4.45. The second-order valence-electron chi connectivity index (χ2n) is 5.58. The van der Waals surface area contributed by atoms with Gasteiger partial charge in [0, 0.05) is 26.1 Å².